The zero-order chi connectivity index (χ0) is 17.8. The topological polar surface area (TPSA) is 48.0 Å². The molecule has 0 radical (unpaired) electrons. The molecule has 0 aliphatic carbocycles. The molecule has 0 fully saturated rings. The smallest absolute Gasteiger partial charge is 0.414 e. The van der Waals surface area contributed by atoms with Crippen molar-refractivity contribution in [2.45, 2.75) is 32.3 Å². The molecule has 5 heteroatoms. The zero-order valence-electron chi connectivity index (χ0n) is 14.5. The lowest BCUT2D eigenvalue weighted by atomic mass is 10.1. The summed E-state index contributed by atoms with van der Waals surface area (Å²) < 4.78 is 16.8. The van der Waals surface area contributed by atoms with Crippen LogP contribution < -0.4 is 4.74 Å². The van der Waals surface area contributed by atoms with Crippen molar-refractivity contribution in [2.24, 2.45) is 0 Å². The van der Waals surface area contributed by atoms with E-state index in [9.17, 15) is 4.79 Å². The van der Waals surface area contributed by atoms with E-state index in [1.165, 1.54) is 11.1 Å². The van der Waals surface area contributed by atoms with E-state index in [2.05, 4.69) is 6.07 Å². The summed E-state index contributed by atoms with van der Waals surface area (Å²) in [4.78, 5) is 13.7. The number of amides is 1. The van der Waals surface area contributed by atoms with Gasteiger partial charge in [-0.1, -0.05) is 36.4 Å². The highest BCUT2D eigenvalue weighted by Gasteiger charge is 2.21. The van der Waals surface area contributed by atoms with Crippen molar-refractivity contribution in [1.82, 2.24) is 4.90 Å². The summed E-state index contributed by atoms with van der Waals surface area (Å²) in [6, 6.07) is 15.7. The van der Waals surface area contributed by atoms with E-state index >= 15 is 0 Å². The third-order valence-corrected chi connectivity index (χ3v) is 4.56. The highest BCUT2D eigenvalue weighted by molar-refractivity contribution is 5.69. The molecule has 4 rings (SSSR count). The van der Waals surface area contributed by atoms with Gasteiger partial charge in [-0.25, -0.2) is 4.79 Å². The minimum Gasteiger partial charge on any atom is -0.486 e. The van der Waals surface area contributed by atoms with Gasteiger partial charge in [0.05, 0.1) is 13.2 Å². The van der Waals surface area contributed by atoms with Gasteiger partial charge in [-0.3, -0.25) is 4.90 Å². The summed E-state index contributed by atoms with van der Waals surface area (Å²) in [5, 5.41) is 0. The Morgan fingerprint density at radius 2 is 1.96 bits per heavy atom. The number of rotatable bonds is 4. The van der Waals surface area contributed by atoms with Crippen molar-refractivity contribution in [3.05, 3.63) is 77.5 Å². The van der Waals surface area contributed by atoms with Crippen molar-refractivity contribution in [2.75, 3.05) is 6.54 Å². The summed E-state index contributed by atoms with van der Waals surface area (Å²) >= 11 is 0. The average molecular weight is 351 g/mol. The maximum Gasteiger partial charge on any atom is 0.414 e. The van der Waals surface area contributed by atoms with Gasteiger partial charge < -0.3 is 14.2 Å². The quantitative estimate of drug-likeness (QED) is 0.835. The van der Waals surface area contributed by atoms with Crippen LogP contribution in [0, 0.1) is 0 Å². The van der Waals surface area contributed by atoms with E-state index in [-0.39, 0.29) is 18.8 Å². The second-order valence-corrected chi connectivity index (χ2v) is 6.44. The van der Waals surface area contributed by atoms with Gasteiger partial charge in [0, 0.05) is 19.2 Å². The molecular formula is C21H21NO4. The van der Waals surface area contributed by atoms with Crippen LogP contribution in [-0.2, 0) is 29.3 Å². The Labute approximate surface area is 152 Å². The standard InChI is InChI=1S/C21H21NO4/c23-21(25-13-16-4-2-1-3-5-16)22-10-8-19(9-11-22)26-20-7-6-17-14-24-15-18(17)12-20/h1-8,10,12,19H,9,11,13-15H2. The molecule has 0 bridgehead atoms. The van der Waals surface area contributed by atoms with E-state index in [1.807, 2.05) is 48.5 Å². The van der Waals surface area contributed by atoms with Gasteiger partial charge in [-0.2, -0.15) is 0 Å². The van der Waals surface area contributed by atoms with Crippen LogP contribution in [-0.4, -0.2) is 23.6 Å². The molecule has 2 aromatic rings. The lowest BCUT2D eigenvalue weighted by molar-refractivity contribution is 0.103. The van der Waals surface area contributed by atoms with Gasteiger partial charge in [0.25, 0.3) is 0 Å². The largest absolute Gasteiger partial charge is 0.486 e. The Hall–Kier alpha value is -2.79. The zero-order valence-corrected chi connectivity index (χ0v) is 14.5. The highest BCUT2D eigenvalue weighted by Crippen LogP contribution is 2.26. The van der Waals surface area contributed by atoms with Crippen LogP contribution >= 0.6 is 0 Å². The lowest BCUT2D eigenvalue weighted by Gasteiger charge is -2.26. The first-order valence-corrected chi connectivity index (χ1v) is 8.80. The van der Waals surface area contributed by atoms with Crippen LogP contribution in [0.1, 0.15) is 23.1 Å². The van der Waals surface area contributed by atoms with Crippen LogP contribution in [0.15, 0.2) is 60.8 Å². The molecule has 134 valence electrons. The fourth-order valence-electron chi connectivity index (χ4n) is 3.09. The van der Waals surface area contributed by atoms with Crippen molar-refractivity contribution in [3.63, 3.8) is 0 Å². The Morgan fingerprint density at radius 3 is 2.77 bits per heavy atom. The van der Waals surface area contributed by atoms with E-state index < -0.39 is 0 Å². The van der Waals surface area contributed by atoms with Crippen LogP contribution in [0.25, 0.3) is 0 Å². The second-order valence-electron chi connectivity index (χ2n) is 6.44. The summed E-state index contributed by atoms with van der Waals surface area (Å²) in [6.45, 7) is 2.18. The number of benzene rings is 2. The number of nitrogens with zero attached hydrogens (tertiary/aromatic N) is 1. The van der Waals surface area contributed by atoms with Crippen molar-refractivity contribution >= 4 is 6.09 Å². The summed E-state index contributed by atoms with van der Waals surface area (Å²) in [5.74, 6) is 0.837. The molecule has 2 heterocycles. The fourth-order valence-corrected chi connectivity index (χ4v) is 3.09. The number of hydrogen-bond donors (Lipinski definition) is 0. The van der Waals surface area contributed by atoms with Gasteiger partial charge in [0.1, 0.15) is 18.5 Å². The number of ether oxygens (including phenoxy) is 3. The number of hydrogen-bond acceptors (Lipinski definition) is 4. The van der Waals surface area contributed by atoms with Gasteiger partial charge >= 0.3 is 6.09 Å². The van der Waals surface area contributed by atoms with Crippen LogP contribution in [0.4, 0.5) is 4.79 Å². The maximum atomic E-state index is 12.2. The predicted octanol–water partition coefficient (Wildman–Crippen LogP) is 4.02. The van der Waals surface area contributed by atoms with Gasteiger partial charge in [0.15, 0.2) is 0 Å². The average Bonchev–Trinajstić information content (AvgIpc) is 3.15. The molecular weight excluding hydrogens is 330 g/mol. The van der Waals surface area contributed by atoms with Crippen molar-refractivity contribution in [1.29, 1.82) is 0 Å². The second kappa shape index (κ2) is 7.62. The minimum absolute atomic E-state index is 0.0476. The lowest BCUT2D eigenvalue weighted by Crippen LogP contribution is -2.34. The molecule has 1 atom stereocenters. The summed E-state index contributed by atoms with van der Waals surface area (Å²) in [7, 11) is 0. The number of carbonyl (C=O) groups is 1. The first kappa shape index (κ1) is 16.7. The molecule has 0 saturated heterocycles. The Kier molecular flexibility index (Phi) is 4.88. The van der Waals surface area contributed by atoms with Crippen molar-refractivity contribution < 1.29 is 19.0 Å². The van der Waals surface area contributed by atoms with E-state index in [1.54, 1.807) is 11.1 Å². The molecule has 2 aliphatic rings. The highest BCUT2D eigenvalue weighted by atomic mass is 16.6. The fraction of sp³-hybridized carbons (Fsp3) is 0.286. The SMILES string of the molecule is O=C(OCc1ccccc1)N1C=CC(Oc2ccc3c(c2)COC3)CC1. The van der Waals surface area contributed by atoms with Crippen LogP contribution in [0.5, 0.6) is 5.75 Å². The third-order valence-electron chi connectivity index (χ3n) is 4.56. The molecule has 1 unspecified atom stereocenters. The normalized spacial score (nSPS) is 18.5. The van der Waals surface area contributed by atoms with Gasteiger partial charge in [-0.05, 0) is 34.9 Å². The van der Waals surface area contributed by atoms with Crippen molar-refractivity contribution in [3.8, 4) is 5.75 Å². The number of fused-ring (bicyclic) bond motifs is 1. The molecule has 5 nitrogen and oxygen atoms in total. The van der Waals surface area contributed by atoms with Gasteiger partial charge in [-0.15, -0.1) is 0 Å². The predicted molar refractivity (Wildman–Crippen MR) is 96.4 cm³/mol. The van der Waals surface area contributed by atoms with Gasteiger partial charge in [0.2, 0.25) is 0 Å². The molecule has 0 saturated carbocycles. The Balaban J connectivity index is 1.29. The summed E-state index contributed by atoms with van der Waals surface area (Å²) in [5.41, 5.74) is 3.39. The first-order chi connectivity index (χ1) is 12.8. The maximum absolute atomic E-state index is 12.2. The number of carbonyl (C=O) groups excluding carboxylic acids is 1. The minimum atomic E-state index is -0.335. The molecule has 0 spiro atoms. The van der Waals surface area contributed by atoms with Crippen LogP contribution in [0.2, 0.25) is 0 Å². The van der Waals surface area contributed by atoms with Crippen LogP contribution in [0.3, 0.4) is 0 Å². The first-order valence-electron chi connectivity index (χ1n) is 8.80. The van der Waals surface area contributed by atoms with E-state index in [0.717, 1.165) is 17.7 Å². The third kappa shape index (κ3) is 3.89. The molecule has 1 amide bonds. The molecule has 0 N–H and O–H groups in total. The Bertz CT molecular complexity index is 803. The molecule has 0 aromatic heterocycles. The summed E-state index contributed by atoms with van der Waals surface area (Å²) in [6.07, 6.45) is 3.99. The molecule has 2 aliphatic heterocycles. The van der Waals surface area contributed by atoms with E-state index in [0.29, 0.717) is 19.8 Å². The Morgan fingerprint density at radius 1 is 1.12 bits per heavy atom. The molecule has 26 heavy (non-hydrogen) atoms. The van der Waals surface area contributed by atoms with E-state index in [4.69, 9.17) is 14.2 Å². The monoisotopic (exact) mass is 351 g/mol. The molecule has 2 aromatic carbocycles.